The van der Waals surface area contributed by atoms with Crippen LogP contribution in [0.2, 0.25) is 0 Å². The molecule has 3 N–H and O–H groups in total. The molecule has 0 bridgehead atoms. The quantitative estimate of drug-likeness (QED) is 0.683. The summed E-state index contributed by atoms with van der Waals surface area (Å²) in [5.41, 5.74) is 11.1. The van der Waals surface area contributed by atoms with Crippen LogP contribution in [-0.2, 0) is 0 Å². The molecule has 1 aromatic heterocycles. The van der Waals surface area contributed by atoms with Gasteiger partial charge in [-0.05, 0) is 43.3 Å². The topological polar surface area (TPSA) is 51.0 Å². The minimum Gasteiger partial charge on any atom is -0.495 e. The van der Waals surface area contributed by atoms with E-state index in [2.05, 4.69) is 36.2 Å². The fourth-order valence-corrected chi connectivity index (χ4v) is 2.31. The van der Waals surface area contributed by atoms with E-state index < -0.39 is 0 Å². The molecule has 0 saturated carbocycles. The highest BCUT2D eigenvalue weighted by Gasteiger charge is 2.06. The Morgan fingerprint density at radius 2 is 1.89 bits per heavy atom. The van der Waals surface area contributed by atoms with Crippen LogP contribution in [0.4, 0.5) is 5.69 Å². The van der Waals surface area contributed by atoms with Crippen LogP contribution in [0, 0.1) is 6.92 Å². The van der Waals surface area contributed by atoms with Crippen molar-refractivity contribution in [1.29, 1.82) is 0 Å². The van der Waals surface area contributed by atoms with Gasteiger partial charge in [-0.2, -0.15) is 0 Å². The molecule has 0 spiro atoms. The number of nitrogens with one attached hydrogen (secondary N) is 1. The van der Waals surface area contributed by atoms with Gasteiger partial charge in [0.25, 0.3) is 0 Å². The van der Waals surface area contributed by atoms with Crippen molar-refractivity contribution in [3.63, 3.8) is 0 Å². The number of anilines is 1. The van der Waals surface area contributed by atoms with E-state index >= 15 is 0 Å². The smallest absolute Gasteiger partial charge is 0.141 e. The Balaban J connectivity index is 2.11. The van der Waals surface area contributed by atoms with Crippen molar-refractivity contribution in [2.75, 3.05) is 12.8 Å². The molecule has 0 amide bonds. The first-order valence-electron chi connectivity index (χ1n) is 6.20. The lowest BCUT2D eigenvalue weighted by Gasteiger charge is -2.05. The van der Waals surface area contributed by atoms with Crippen LogP contribution >= 0.6 is 0 Å². The van der Waals surface area contributed by atoms with E-state index in [1.165, 1.54) is 10.9 Å². The van der Waals surface area contributed by atoms with Crippen molar-refractivity contribution in [3.05, 3.63) is 48.0 Å². The number of nitrogens with two attached hydrogens (primary N) is 1. The largest absolute Gasteiger partial charge is 0.495 e. The summed E-state index contributed by atoms with van der Waals surface area (Å²) in [5, 5.41) is 1.21. The number of aryl methyl sites for hydroxylation is 1. The van der Waals surface area contributed by atoms with Gasteiger partial charge in [0.2, 0.25) is 0 Å². The van der Waals surface area contributed by atoms with Gasteiger partial charge in [0, 0.05) is 22.2 Å². The molecule has 19 heavy (non-hydrogen) atoms. The number of hydrogen-bond donors (Lipinski definition) is 2. The van der Waals surface area contributed by atoms with E-state index in [0.29, 0.717) is 11.4 Å². The van der Waals surface area contributed by atoms with Gasteiger partial charge in [-0.15, -0.1) is 0 Å². The first-order chi connectivity index (χ1) is 9.17. The first kappa shape index (κ1) is 11.7. The Labute approximate surface area is 112 Å². The first-order valence-corrected chi connectivity index (χ1v) is 6.20. The molecule has 0 unspecified atom stereocenters. The molecule has 3 aromatic rings. The molecule has 3 heteroatoms. The summed E-state index contributed by atoms with van der Waals surface area (Å²) in [6, 6.07) is 14.3. The molecular formula is C16H16N2O. The van der Waals surface area contributed by atoms with Crippen molar-refractivity contribution in [2.24, 2.45) is 0 Å². The molecule has 0 atom stereocenters. The van der Waals surface area contributed by atoms with Crippen LogP contribution in [-0.4, -0.2) is 12.1 Å². The number of H-pyrrole nitrogens is 1. The highest BCUT2D eigenvalue weighted by molar-refractivity contribution is 5.87. The van der Waals surface area contributed by atoms with Crippen LogP contribution in [0.1, 0.15) is 5.56 Å². The lowest BCUT2D eigenvalue weighted by Crippen LogP contribution is -1.92. The number of hydrogen-bond acceptors (Lipinski definition) is 2. The van der Waals surface area contributed by atoms with Crippen LogP contribution in [0.15, 0.2) is 42.5 Å². The molecule has 1 heterocycles. The Bertz CT molecular complexity index is 744. The maximum atomic E-state index is 5.95. The molecule has 0 aliphatic heterocycles. The Hall–Kier alpha value is -2.42. The molecule has 3 rings (SSSR count). The molecule has 0 aliphatic carbocycles. The van der Waals surface area contributed by atoms with Crippen molar-refractivity contribution >= 4 is 16.6 Å². The molecule has 0 fully saturated rings. The highest BCUT2D eigenvalue weighted by atomic mass is 16.5. The second-order valence-corrected chi connectivity index (χ2v) is 4.73. The minimum absolute atomic E-state index is 0.648. The maximum absolute atomic E-state index is 5.95. The summed E-state index contributed by atoms with van der Waals surface area (Å²) < 4.78 is 5.18. The van der Waals surface area contributed by atoms with Crippen LogP contribution in [0.3, 0.4) is 0 Å². The number of ether oxygens (including phenoxy) is 1. The van der Waals surface area contributed by atoms with Gasteiger partial charge in [0.1, 0.15) is 5.75 Å². The third-order valence-corrected chi connectivity index (χ3v) is 3.32. The number of aromatic amines is 1. The Kier molecular flexibility index (Phi) is 2.67. The monoisotopic (exact) mass is 252 g/mol. The van der Waals surface area contributed by atoms with Gasteiger partial charge in [0.15, 0.2) is 0 Å². The summed E-state index contributed by atoms with van der Waals surface area (Å²) >= 11 is 0. The number of aromatic nitrogens is 1. The van der Waals surface area contributed by atoms with Crippen molar-refractivity contribution in [2.45, 2.75) is 6.92 Å². The standard InChI is InChI=1S/C16H16N2O/c1-10-3-5-14-12(7-10)9-15(18-14)11-4-6-16(19-2)13(17)8-11/h3-9,18H,17H2,1-2H3. The van der Waals surface area contributed by atoms with E-state index in [1.54, 1.807) is 7.11 Å². The van der Waals surface area contributed by atoms with Crippen LogP contribution in [0.5, 0.6) is 5.75 Å². The van der Waals surface area contributed by atoms with E-state index in [-0.39, 0.29) is 0 Å². The molecule has 2 aromatic carbocycles. The molecule has 96 valence electrons. The zero-order chi connectivity index (χ0) is 13.4. The molecule has 0 aliphatic rings. The lowest BCUT2D eigenvalue weighted by atomic mass is 10.1. The molecule has 3 nitrogen and oxygen atoms in total. The van der Waals surface area contributed by atoms with E-state index in [0.717, 1.165) is 16.8 Å². The zero-order valence-corrected chi connectivity index (χ0v) is 11.0. The number of benzene rings is 2. The van der Waals surface area contributed by atoms with Gasteiger partial charge in [0.05, 0.1) is 12.8 Å². The Morgan fingerprint density at radius 3 is 2.63 bits per heavy atom. The predicted octanol–water partition coefficient (Wildman–Crippen LogP) is 3.73. The maximum Gasteiger partial charge on any atom is 0.141 e. The van der Waals surface area contributed by atoms with Gasteiger partial charge in [-0.25, -0.2) is 0 Å². The SMILES string of the molecule is COc1ccc(-c2cc3cc(C)ccc3[nH]2)cc1N. The minimum atomic E-state index is 0.648. The van der Waals surface area contributed by atoms with Crippen molar-refractivity contribution in [3.8, 4) is 17.0 Å². The summed E-state index contributed by atoms with van der Waals surface area (Å²) in [6.45, 7) is 2.09. The van der Waals surface area contributed by atoms with E-state index in [4.69, 9.17) is 10.5 Å². The van der Waals surface area contributed by atoms with Crippen LogP contribution in [0.25, 0.3) is 22.2 Å². The lowest BCUT2D eigenvalue weighted by molar-refractivity contribution is 0.417. The summed E-state index contributed by atoms with van der Waals surface area (Å²) in [4.78, 5) is 3.41. The van der Waals surface area contributed by atoms with Gasteiger partial charge < -0.3 is 15.5 Å². The fourth-order valence-electron chi connectivity index (χ4n) is 2.31. The molecule has 0 radical (unpaired) electrons. The molecular weight excluding hydrogens is 236 g/mol. The second kappa shape index (κ2) is 4.35. The van der Waals surface area contributed by atoms with Crippen molar-refractivity contribution < 1.29 is 4.74 Å². The van der Waals surface area contributed by atoms with E-state index in [1.807, 2.05) is 18.2 Å². The normalized spacial score (nSPS) is 10.8. The third-order valence-electron chi connectivity index (χ3n) is 3.32. The van der Waals surface area contributed by atoms with Gasteiger partial charge >= 0.3 is 0 Å². The predicted molar refractivity (Wildman–Crippen MR) is 79.4 cm³/mol. The highest BCUT2D eigenvalue weighted by Crippen LogP contribution is 2.30. The van der Waals surface area contributed by atoms with Crippen molar-refractivity contribution in [1.82, 2.24) is 4.98 Å². The average molecular weight is 252 g/mol. The second-order valence-electron chi connectivity index (χ2n) is 4.73. The molecule has 0 saturated heterocycles. The number of nitrogen functional groups attached to an aromatic ring is 1. The van der Waals surface area contributed by atoms with E-state index in [9.17, 15) is 0 Å². The number of methoxy groups -OCH3 is 1. The van der Waals surface area contributed by atoms with Gasteiger partial charge in [-0.1, -0.05) is 11.6 Å². The zero-order valence-electron chi connectivity index (χ0n) is 11.0. The van der Waals surface area contributed by atoms with Gasteiger partial charge in [-0.3, -0.25) is 0 Å². The Morgan fingerprint density at radius 1 is 1.05 bits per heavy atom. The summed E-state index contributed by atoms with van der Waals surface area (Å²) in [5.74, 6) is 0.704. The summed E-state index contributed by atoms with van der Waals surface area (Å²) in [6.07, 6.45) is 0. The third kappa shape index (κ3) is 2.03. The fraction of sp³-hybridized carbons (Fsp3) is 0.125. The number of rotatable bonds is 2. The summed E-state index contributed by atoms with van der Waals surface area (Å²) in [7, 11) is 1.62. The number of fused-ring (bicyclic) bond motifs is 1. The average Bonchev–Trinajstić information content (AvgIpc) is 2.81. The van der Waals surface area contributed by atoms with Crippen LogP contribution < -0.4 is 10.5 Å².